The van der Waals surface area contributed by atoms with Crippen LogP contribution in [0.2, 0.25) is 0 Å². The smallest absolute Gasteiger partial charge is 0.360 e. The molecule has 3 fully saturated rings. The lowest BCUT2D eigenvalue weighted by Gasteiger charge is -2.51. The monoisotopic (exact) mass is 524 g/mol. The predicted octanol–water partition coefficient (Wildman–Crippen LogP) is 4.08. The number of nitrogens with zero attached hydrogens (tertiary/aromatic N) is 4. The van der Waals surface area contributed by atoms with Gasteiger partial charge in [-0.1, -0.05) is 43.8 Å². The van der Waals surface area contributed by atoms with Crippen molar-refractivity contribution < 1.29 is 19.5 Å². The number of ether oxygens (including phenoxy) is 1. The van der Waals surface area contributed by atoms with Crippen molar-refractivity contribution in [1.29, 1.82) is 0 Å². The van der Waals surface area contributed by atoms with Crippen LogP contribution in [0.1, 0.15) is 81.8 Å². The average Bonchev–Trinajstić information content (AvgIpc) is 3.05. The lowest BCUT2D eigenvalue weighted by molar-refractivity contribution is -0.129. The standard InChI is InChI=1S/C29H40N4O5/c1-4-5-10-25-18(2)32(28(34)26(30-25)27(29(35)36)31-37-3)22-14-23-16-38-17-24(15-22)33(23)21-12-19-8-6-7-9-20(11-19)13-21/h5,10,14,19-21,23-24H,4,6-9,11-13,15-17H2,1-3H3,(H,35,36). The van der Waals surface area contributed by atoms with Crippen molar-refractivity contribution in [2.45, 2.75) is 89.8 Å². The van der Waals surface area contributed by atoms with Crippen molar-refractivity contribution >= 4 is 23.5 Å². The first kappa shape index (κ1) is 26.8. The first-order valence-electron chi connectivity index (χ1n) is 14.1. The fourth-order valence-corrected chi connectivity index (χ4v) is 7.23. The maximum Gasteiger partial charge on any atom is 0.360 e. The second-order valence-electron chi connectivity index (χ2n) is 11.3. The minimum absolute atomic E-state index is 0.0896. The summed E-state index contributed by atoms with van der Waals surface area (Å²) in [6.45, 7) is 5.12. The van der Waals surface area contributed by atoms with Gasteiger partial charge >= 0.3 is 5.97 Å². The van der Waals surface area contributed by atoms with E-state index in [1.54, 1.807) is 4.57 Å². The van der Waals surface area contributed by atoms with Gasteiger partial charge in [0.05, 0.1) is 24.9 Å². The van der Waals surface area contributed by atoms with E-state index >= 15 is 0 Å². The van der Waals surface area contributed by atoms with Gasteiger partial charge in [0.2, 0.25) is 5.71 Å². The number of hydrogen-bond acceptors (Lipinski definition) is 7. The molecule has 4 atom stereocenters. The molecule has 0 spiro atoms. The summed E-state index contributed by atoms with van der Waals surface area (Å²) in [5, 5.41) is 13.4. The predicted molar refractivity (Wildman–Crippen MR) is 146 cm³/mol. The van der Waals surface area contributed by atoms with Gasteiger partial charge in [-0.3, -0.25) is 14.3 Å². The van der Waals surface area contributed by atoms with Crippen LogP contribution in [0.4, 0.5) is 0 Å². The molecule has 1 N–H and O–H groups in total. The molecule has 206 valence electrons. The maximum absolute atomic E-state index is 13.8. The summed E-state index contributed by atoms with van der Waals surface area (Å²) < 4.78 is 7.66. The number of aromatic nitrogens is 2. The first-order valence-corrected chi connectivity index (χ1v) is 14.1. The molecule has 0 aromatic carbocycles. The van der Waals surface area contributed by atoms with Crippen LogP contribution in [0, 0.1) is 18.8 Å². The Kier molecular flexibility index (Phi) is 8.14. The van der Waals surface area contributed by atoms with Gasteiger partial charge in [-0.05, 0) is 56.6 Å². The zero-order valence-corrected chi connectivity index (χ0v) is 22.8. The highest BCUT2D eigenvalue weighted by Gasteiger charge is 2.43. The van der Waals surface area contributed by atoms with E-state index in [9.17, 15) is 14.7 Å². The van der Waals surface area contributed by atoms with Crippen molar-refractivity contribution in [3.8, 4) is 0 Å². The Hall–Kier alpha value is -2.78. The Balaban J connectivity index is 1.56. The molecule has 1 saturated heterocycles. The highest BCUT2D eigenvalue weighted by Crippen LogP contribution is 2.43. The summed E-state index contributed by atoms with van der Waals surface area (Å²) in [7, 11) is 1.26. The fourth-order valence-electron chi connectivity index (χ4n) is 7.23. The number of morpholine rings is 1. The number of carboxylic acids is 1. The van der Waals surface area contributed by atoms with E-state index in [2.05, 4.69) is 21.1 Å². The van der Waals surface area contributed by atoms with Crippen molar-refractivity contribution in [2.75, 3.05) is 20.3 Å². The van der Waals surface area contributed by atoms with Gasteiger partial charge in [0.1, 0.15) is 7.11 Å². The van der Waals surface area contributed by atoms with E-state index in [-0.39, 0.29) is 17.8 Å². The van der Waals surface area contributed by atoms with Crippen molar-refractivity contribution in [3.63, 3.8) is 0 Å². The molecule has 38 heavy (non-hydrogen) atoms. The van der Waals surface area contributed by atoms with Gasteiger partial charge < -0.3 is 14.7 Å². The second-order valence-corrected chi connectivity index (χ2v) is 11.3. The molecule has 4 unspecified atom stereocenters. The number of rotatable bonds is 7. The van der Waals surface area contributed by atoms with Gasteiger partial charge in [0.25, 0.3) is 5.56 Å². The van der Waals surface area contributed by atoms with Crippen molar-refractivity contribution in [2.24, 2.45) is 17.0 Å². The molecule has 1 aromatic rings. The van der Waals surface area contributed by atoms with Crippen LogP contribution in [0.3, 0.4) is 0 Å². The minimum Gasteiger partial charge on any atom is -0.476 e. The molecule has 3 heterocycles. The first-order chi connectivity index (χ1) is 18.4. The number of hydrogen-bond donors (Lipinski definition) is 1. The van der Waals surface area contributed by atoms with Crippen LogP contribution in [0.15, 0.2) is 22.1 Å². The lowest BCUT2D eigenvalue weighted by atomic mass is 9.76. The third-order valence-corrected chi connectivity index (χ3v) is 8.76. The number of oxime groups is 1. The largest absolute Gasteiger partial charge is 0.476 e. The molecule has 9 nitrogen and oxygen atoms in total. The summed E-state index contributed by atoms with van der Waals surface area (Å²) in [5.74, 6) is 0.289. The molecule has 0 radical (unpaired) electrons. The number of fused-ring (bicyclic) bond motifs is 4. The van der Waals surface area contributed by atoms with E-state index in [0.717, 1.165) is 24.0 Å². The molecule has 2 saturated carbocycles. The summed E-state index contributed by atoms with van der Waals surface area (Å²) in [4.78, 5) is 37.6. The molecular formula is C29H40N4O5. The zero-order valence-electron chi connectivity index (χ0n) is 22.8. The summed E-state index contributed by atoms with van der Waals surface area (Å²) >= 11 is 0. The van der Waals surface area contributed by atoms with Crippen molar-refractivity contribution in [1.82, 2.24) is 14.5 Å². The molecule has 4 bridgehead atoms. The Morgan fingerprint density at radius 1 is 1.21 bits per heavy atom. The van der Waals surface area contributed by atoms with Crippen LogP contribution in [0.5, 0.6) is 0 Å². The third kappa shape index (κ3) is 5.23. The number of aliphatic carboxylic acids is 1. The molecule has 0 amide bonds. The highest BCUT2D eigenvalue weighted by atomic mass is 16.6. The van der Waals surface area contributed by atoms with E-state index in [0.29, 0.717) is 37.1 Å². The van der Waals surface area contributed by atoms with Crippen LogP contribution in [0.25, 0.3) is 11.8 Å². The van der Waals surface area contributed by atoms with Gasteiger partial charge in [-0.25, -0.2) is 9.78 Å². The quantitative estimate of drug-likeness (QED) is 0.423. The topological polar surface area (TPSA) is 106 Å². The number of allylic oxidation sites excluding steroid dienone is 1. The molecule has 2 aliphatic carbocycles. The van der Waals surface area contributed by atoms with E-state index in [1.165, 1.54) is 52.1 Å². The highest BCUT2D eigenvalue weighted by molar-refractivity contribution is 6.41. The van der Waals surface area contributed by atoms with Crippen LogP contribution < -0.4 is 5.56 Å². The number of carboxylic acid groups (broad SMARTS) is 1. The Bertz CT molecular complexity index is 1190. The summed E-state index contributed by atoms with van der Waals surface area (Å²) in [6.07, 6.45) is 16.7. The molecule has 1 aromatic heterocycles. The van der Waals surface area contributed by atoms with E-state index in [4.69, 9.17) is 9.57 Å². The second kappa shape index (κ2) is 11.5. The number of carbonyl (C=O) groups is 1. The van der Waals surface area contributed by atoms with Gasteiger partial charge in [0.15, 0.2) is 5.69 Å². The van der Waals surface area contributed by atoms with Crippen LogP contribution in [-0.2, 0) is 14.4 Å². The summed E-state index contributed by atoms with van der Waals surface area (Å²) in [6, 6.07) is 0.824. The van der Waals surface area contributed by atoms with Gasteiger partial charge in [-0.2, -0.15) is 0 Å². The molecule has 4 aliphatic rings. The molecular weight excluding hydrogens is 484 g/mol. The van der Waals surface area contributed by atoms with Gasteiger partial charge in [0, 0.05) is 29.9 Å². The SMILES string of the molecule is CCC=Cc1nc(C(=NOC)C(=O)O)c(=O)n(C2=CC3COCC(C2)N3C2CC3CCCCC(C3)C2)c1C. The molecule has 2 aliphatic heterocycles. The van der Waals surface area contributed by atoms with Crippen LogP contribution in [-0.4, -0.2) is 69.7 Å². The molecule has 9 heteroatoms. The Morgan fingerprint density at radius 3 is 2.58 bits per heavy atom. The van der Waals surface area contributed by atoms with Gasteiger partial charge in [-0.15, -0.1) is 0 Å². The third-order valence-electron chi connectivity index (χ3n) is 8.76. The van der Waals surface area contributed by atoms with E-state index in [1.807, 2.05) is 26.0 Å². The molecule has 5 rings (SSSR count). The van der Waals surface area contributed by atoms with Crippen LogP contribution >= 0.6 is 0 Å². The van der Waals surface area contributed by atoms with Crippen molar-refractivity contribution in [3.05, 3.63) is 39.6 Å². The average molecular weight is 525 g/mol. The normalized spacial score (nSPS) is 30.1. The fraction of sp³-hybridized carbons (Fsp3) is 0.655. The minimum atomic E-state index is -1.36. The maximum atomic E-state index is 13.8. The Morgan fingerprint density at radius 2 is 1.95 bits per heavy atom. The zero-order chi connectivity index (χ0) is 26.8. The van der Waals surface area contributed by atoms with E-state index < -0.39 is 17.2 Å². The summed E-state index contributed by atoms with van der Waals surface area (Å²) in [5.41, 5.74) is 0.912. The lowest BCUT2D eigenvalue weighted by Crippen LogP contribution is -2.59. The Labute approximate surface area is 224 Å².